The summed E-state index contributed by atoms with van der Waals surface area (Å²) in [5.74, 6) is 4.60. The summed E-state index contributed by atoms with van der Waals surface area (Å²) < 4.78 is 50.9. The molecule has 0 heterocycles. The molecule has 1 aromatic carbocycles. The first-order chi connectivity index (χ1) is 8.41. The van der Waals surface area contributed by atoms with Crippen LogP contribution in [-0.4, -0.2) is 0 Å². The zero-order chi connectivity index (χ0) is 13.3. The van der Waals surface area contributed by atoms with Gasteiger partial charge in [-0.1, -0.05) is 18.9 Å². The van der Waals surface area contributed by atoms with Crippen LogP contribution in [0.2, 0.25) is 0 Å². The molecule has 0 amide bonds. The largest absolute Gasteiger partial charge is 0.419 e. The van der Waals surface area contributed by atoms with E-state index in [1.165, 1.54) is 6.07 Å². The Labute approximate surface area is 102 Å². The molecule has 18 heavy (non-hydrogen) atoms. The molecule has 1 aliphatic rings. The van der Waals surface area contributed by atoms with Crippen LogP contribution in [0.4, 0.5) is 17.6 Å². The van der Waals surface area contributed by atoms with Gasteiger partial charge in [0.15, 0.2) is 0 Å². The number of nitrogens with two attached hydrogens (primary N) is 1. The van der Waals surface area contributed by atoms with Gasteiger partial charge in [-0.25, -0.2) is 4.39 Å². The highest BCUT2D eigenvalue weighted by atomic mass is 19.4. The van der Waals surface area contributed by atoms with Gasteiger partial charge in [0.1, 0.15) is 5.82 Å². The molecule has 2 nitrogen and oxygen atoms in total. The molecule has 1 aliphatic carbocycles. The second kappa shape index (κ2) is 4.85. The summed E-state index contributed by atoms with van der Waals surface area (Å²) in [6.07, 6.45) is -1.85. The van der Waals surface area contributed by atoms with Crippen molar-refractivity contribution >= 4 is 0 Å². The van der Waals surface area contributed by atoms with E-state index < -0.39 is 17.6 Å². The van der Waals surface area contributed by atoms with E-state index in [0.717, 1.165) is 25.0 Å². The summed E-state index contributed by atoms with van der Waals surface area (Å²) >= 11 is 0. The number of benzene rings is 1. The number of halogens is 4. The molecule has 2 rings (SSSR count). The fraction of sp³-hybridized carbons (Fsp3) is 0.500. The topological polar surface area (TPSA) is 38.0 Å². The Balaban J connectivity index is 2.26. The molecule has 0 bridgehead atoms. The minimum Gasteiger partial charge on any atom is -0.271 e. The van der Waals surface area contributed by atoms with Crippen molar-refractivity contribution in [1.29, 1.82) is 0 Å². The van der Waals surface area contributed by atoms with E-state index in [1.807, 2.05) is 0 Å². The van der Waals surface area contributed by atoms with E-state index in [1.54, 1.807) is 0 Å². The van der Waals surface area contributed by atoms with E-state index in [4.69, 9.17) is 5.84 Å². The molecular formula is C12H14F4N2. The van der Waals surface area contributed by atoms with Crippen molar-refractivity contribution in [3.63, 3.8) is 0 Å². The highest BCUT2D eigenvalue weighted by molar-refractivity contribution is 5.29. The predicted octanol–water partition coefficient (Wildman–Crippen LogP) is 3.15. The number of hydrogen-bond acceptors (Lipinski definition) is 2. The lowest BCUT2D eigenvalue weighted by Gasteiger charge is -2.18. The van der Waals surface area contributed by atoms with Crippen molar-refractivity contribution in [3.8, 4) is 0 Å². The first-order valence-corrected chi connectivity index (χ1v) is 5.74. The van der Waals surface area contributed by atoms with E-state index in [0.29, 0.717) is 17.9 Å². The molecule has 1 saturated carbocycles. The monoisotopic (exact) mass is 262 g/mol. The van der Waals surface area contributed by atoms with Gasteiger partial charge in [-0.2, -0.15) is 13.2 Å². The second-order valence-corrected chi connectivity index (χ2v) is 4.64. The molecule has 6 heteroatoms. The number of alkyl halides is 3. The van der Waals surface area contributed by atoms with Crippen molar-refractivity contribution < 1.29 is 17.6 Å². The van der Waals surface area contributed by atoms with Crippen LogP contribution in [0.3, 0.4) is 0 Å². The highest BCUT2D eigenvalue weighted by Crippen LogP contribution is 2.39. The van der Waals surface area contributed by atoms with Crippen molar-refractivity contribution in [2.24, 2.45) is 11.8 Å². The minimum atomic E-state index is -4.68. The lowest BCUT2D eigenvalue weighted by molar-refractivity contribution is -0.140. The van der Waals surface area contributed by atoms with E-state index in [9.17, 15) is 17.6 Å². The Bertz CT molecular complexity index is 427. The smallest absolute Gasteiger partial charge is 0.271 e. The van der Waals surface area contributed by atoms with Gasteiger partial charge in [0, 0.05) is 6.04 Å². The average Bonchev–Trinajstić information content (AvgIpc) is 3.09. The summed E-state index contributed by atoms with van der Waals surface area (Å²) in [5.41, 5.74) is 1.63. The van der Waals surface area contributed by atoms with Crippen LogP contribution in [0.25, 0.3) is 0 Å². The summed E-state index contributed by atoms with van der Waals surface area (Å²) in [6, 6.07) is 2.66. The van der Waals surface area contributed by atoms with Crippen LogP contribution in [-0.2, 0) is 6.18 Å². The van der Waals surface area contributed by atoms with Gasteiger partial charge in [-0.3, -0.25) is 11.3 Å². The number of hydrogen-bond donors (Lipinski definition) is 2. The van der Waals surface area contributed by atoms with Crippen LogP contribution in [0.1, 0.15) is 36.4 Å². The summed E-state index contributed by atoms with van der Waals surface area (Å²) in [4.78, 5) is 0. The van der Waals surface area contributed by atoms with Crippen LogP contribution in [0, 0.1) is 11.7 Å². The van der Waals surface area contributed by atoms with E-state index in [2.05, 4.69) is 5.43 Å². The Morgan fingerprint density at radius 1 is 1.33 bits per heavy atom. The molecule has 100 valence electrons. The Morgan fingerprint density at radius 3 is 2.50 bits per heavy atom. The molecule has 0 radical (unpaired) electrons. The third-order valence-electron chi connectivity index (χ3n) is 3.17. The summed E-state index contributed by atoms with van der Waals surface area (Å²) in [6.45, 7) is 0. The van der Waals surface area contributed by atoms with Gasteiger partial charge in [-0.15, -0.1) is 0 Å². The Hall–Kier alpha value is -1.14. The van der Waals surface area contributed by atoms with Gasteiger partial charge in [0.25, 0.3) is 0 Å². The molecule has 3 N–H and O–H groups in total. The molecule has 0 aliphatic heterocycles. The fourth-order valence-electron chi connectivity index (χ4n) is 1.96. The third kappa shape index (κ3) is 3.00. The fourth-order valence-corrected chi connectivity index (χ4v) is 1.96. The Morgan fingerprint density at radius 2 is 2.00 bits per heavy atom. The van der Waals surface area contributed by atoms with Gasteiger partial charge in [0.2, 0.25) is 0 Å². The molecule has 1 atom stereocenters. The van der Waals surface area contributed by atoms with Crippen molar-refractivity contribution in [1.82, 2.24) is 5.43 Å². The third-order valence-corrected chi connectivity index (χ3v) is 3.17. The summed E-state index contributed by atoms with van der Waals surface area (Å²) in [5, 5.41) is 0. The zero-order valence-electron chi connectivity index (χ0n) is 9.60. The van der Waals surface area contributed by atoms with Crippen molar-refractivity contribution in [3.05, 3.63) is 35.1 Å². The lowest BCUT2D eigenvalue weighted by atomic mass is 9.99. The minimum absolute atomic E-state index is 0.362. The van der Waals surface area contributed by atoms with Gasteiger partial charge < -0.3 is 0 Å². The van der Waals surface area contributed by atoms with E-state index in [-0.39, 0.29) is 6.04 Å². The first-order valence-electron chi connectivity index (χ1n) is 5.74. The van der Waals surface area contributed by atoms with Gasteiger partial charge >= 0.3 is 6.18 Å². The SMILES string of the molecule is NNC(CC1CC1)c1ccc(F)c(C(F)(F)F)c1. The van der Waals surface area contributed by atoms with Crippen LogP contribution < -0.4 is 11.3 Å². The summed E-state index contributed by atoms with van der Waals surface area (Å²) in [7, 11) is 0. The number of nitrogens with one attached hydrogen (secondary N) is 1. The normalized spacial score (nSPS) is 17.8. The van der Waals surface area contributed by atoms with Gasteiger partial charge in [0.05, 0.1) is 5.56 Å². The van der Waals surface area contributed by atoms with E-state index >= 15 is 0 Å². The van der Waals surface area contributed by atoms with Crippen molar-refractivity contribution in [2.45, 2.75) is 31.5 Å². The standard InChI is InChI=1S/C12H14F4N2/c13-10-4-3-8(6-9(10)12(14,15)16)11(18-17)5-7-1-2-7/h3-4,6-7,11,18H,1-2,5,17H2. The molecule has 0 spiro atoms. The number of hydrazine groups is 1. The molecule has 0 saturated heterocycles. The van der Waals surface area contributed by atoms with Crippen molar-refractivity contribution in [2.75, 3.05) is 0 Å². The quantitative estimate of drug-likeness (QED) is 0.497. The lowest BCUT2D eigenvalue weighted by Crippen LogP contribution is -2.28. The average molecular weight is 262 g/mol. The zero-order valence-corrected chi connectivity index (χ0v) is 9.60. The number of rotatable bonds is 4. The Kier molecular flexibility index (Phi) is 3.59. The maximum atomic E-state index is 13.1. The maximum absolute atomic E-state index is 13.1. The second-order valence-electron chi connectivity index (χ2n) is 4.64. The highest BCUT2D eigenvalue weighted by Gasteiger charge is 2.35. The first kappa shape index (κ1) is 13.3. The molecule has 0 aromatic heterocycles. The predicted molar refractivity (Wildman–Crippen MR) is 58.8 cm³/mol. The molecule has 1 unspecified atom stereocenters. The molecule has 1 aromatic rings. The van der Waals surface area contributed by atoms with Crippen LogP contribution in [0.15, 0.2) is 18.2 Å². The molecular weight excluding hydrogens is 248 g/mol. The van der Waals surface area contributed by atoms with Crippen LogP contribution >= 0.6 is 0 Å². The maximum Gasteiger partial charge on any atom is 0.419 e. The van der Waals surface area contributed by atoms with Crippen LogP contribution in [0.5, 0.6) is 0 Å². The molecule has 1 fully saturated rings. The van der Waals surface area contributed by atoms with Gasteiger partial charge in [-0.05, 0) is 30.0 Å².